The molecule has 2 aliphatic carbocycles. The first-order valence-corrected chi connectivity index (χ1v) is 10.3. The van der Waals surface area contributed by atoms with E-state index in [0.717, 1.165) is 25.7 Å². The lowest BCUT2D eigenvalue weighted by molar-refractivity contribution is -0.137. The Morgan fingerprint density at radius 3 is 2.19 bits per heavy atom. The van der Waals surface area contributed by atoms with E-state index in [1.807, 2.05) is 14.7 Å². The van der Waals surface area contributed by atoms with Crippen LogP contribution in [0.5, 0.6) is 0 Å². The van der Waals surface area contributed by atoms with Crippen LogP contribution in [-0.4, -0.2) is 77.4 Å². The fraction of sp³-hybridized carbons (Fsp3) is 0.842. The summed E-state index contributed by atoms with van der Waals surface area (Å²) in [5.74, 6) is 0.0379. The van der Waals surface area contributed by atoms with Gasteiger partial charge in [0.2, 0.25) is 11.8 Å². The van der Waals surface area contributed by atoms with Crippen LogP contribution in [0.1, 0.15) is 51.4 Å². The molecular formula is C19H30N4O3. The van der Waals surface area contributed by atoms with E-state index in [4.69, 9.17) is 0 Å². The molecule has 0 aromatic heterocycles. The van der Waals surface area contributed by atoms with Crippen LogP contribution in [0.2, 0.25) is 0 Å². The molecular weight excluding hydrogens is 332 g/mol. The Bertz CT molecular complexity index is 563. The molecule has 1 unspecified atom stereocenters. The highest BCUT2D eigenvalue weighted by Crippen LogP contribution is 2.33. The van der Waals surface area contributed by atoms with Crippen molar-refractivity contribution in [2.24, 2.45) is 5.92 Å². The summed E-state index contributed by atoms with van der Waals surface area (Å²) in [4.78, 5) is 42.8. The molecule has 26 heavy (non-hydrogen) atoms. The molecule has 4 amide bonds. The smallest absolute Gasteiger partial charge is 0.317 e. The fourth-order valence-corrected chi connectivity index (χ4v) is 4.54. The van der Waals surface area contributed by atoms with Gasteiger partial charge in [-0.25, -0.2) is 4.79 Å². The maximum Gasteiger partial charge on any atom is 0.317 e. The van der Waals surface area contributed by atoms with Gasteiger partial charge in [0.15, 0.2) is 0 Å². The number of amides is 4. The van der Waals surface area contributed by atoms with Crippen molar-refractivity contribution in [3.63, 3.8) is 0 Å². The van der Waals surface area contributed by atoms with E-state index >= 15 is 0 Å². The molecule has 0 aromatic rings. The van der Waals surface area contributed by atoms with Crippen molar-refractivity contribution >= 4 is 17.8 Å². The monoisotopic (exact) mass is 362 g/mol. The number of hydrogen-bond acceptors (Lipinski definition) is 3. The average Bonchev–Trinajstić information content (AvgIpc) is 3.44. The minimum Gasteiger partial charge on any atom is -0.339 e. The van der Waals surface area contributed by atoms with Crippen molar-refractivity contribution in [2.45, 2.75) is 63.5 Å². The second-order valence-electron chi connectivity index (χ2n) is 8.28. The Morgan fingerprint density at radius 2 is 1.54 bits per heavy atom. The molecule has 2 saturated heterocycles. The third-order valence-corrected chi connectivity index (χ3v) is 6.31. The van der Waals surface area contributed by atoms with Gasteiger partial charge in [-0.2, -0.15) is 0 Å². The quantitative estimate of drug-likeness (QED) is 0.819. The van der Waals surface area contributed by atoms with Crippen LogP contribution in [0.4, 0.5) is 4.79 Å². The third-order valence-electron chi connectivity index (χ3n) is 6.31. The van der Waals surface area contributed by atoms with E-state index in [0.29, 0.717) is 51.2 Å². The van der Waals surface area contributed by atoms with E-state index in [1.165, 1.54) is 19.3 Å². The SMILES string of the molecule is O=C(NC1CCCCC1)N1CCN(C(=O)C2CC(=O)N(C3CC3)C2)CC1. The Morgan fingerprint density at radius 1 is 0.885 bits per heavy atom. The number of piperazine rings is 1. The fourth-order valence-electron chi connectivity index (χ4n) is 4.54. The Labute approximate surface area is 155 Å². The zero-order valence-corrected chi connectivity index (χ0v) is 15.5. The van der Waals surface area contributed by atoms with Gasteiger partial charge >= 0.3 is 6.03 Å². The number of likely N-dealkylation sites (tertiary alicyclic amines) is 1. The van der Waals surface area contributed by atoms with Gasteiger partial charge < -0.3 is 20.0 Å². The standard InChI is InChI=1S/C19H30N4O3/c24-17-12-14(13-23(17)16-6-7-16)18(25)21-8-10-22(11-9-21)19(26)20-15-4-2-1-3-5-15/h14-16H,1-13H2,(H,20,26). The summed E-state index contributed by atoms with van der Waals surface area (Å²) >= 11 is 0. The van der Waals surface area contributed by atoms with Gasteiger partial charge in [-0.3, -0.25) is 9.59 Å². The first-order valence-electron chi connectivity index (χ1n) is 10.3. The minimum atomic E-state index is -0.189. The van der Waals surface area contributed by atoms with E-state index in [9.17, 15) is 14.4 Å². The molecule has 7 nitrogen and oxygen atoms in total. The van der Waals surface area contributed by atoms with Gasteiger partial charge in [-0.05, 0) is 25.7 Å². The molecule has 4 aliphatic rings. The van der Waals surface area contributed by atoms with E-state index in [2.05, 4.69) is 5.32 Å². The van der Waals surface area contributed by atoms with Crippen molar-refractivity contribution in [2.75, 3.05) is 32.7 Å². The number of carbonyl (C=O) groups is 3. The van der Waals surface area contributed by atoms with Gasteiger partial charge in [0.25, 0.3) is 0 Å². The number of nitrogens with zero attached hydrogens (tertiary/aromatic N) is 3. The molecule has 1 atom stereocenters. The summed E-state index contributed by atoms with van der Waals surface area (Å²) in [7, 11) is 0. The highest BCUT2D eigenvalue weighted by atomic mass is 16.2. The summed E-state index contributed by atoms with van der Waals surface area (Å²) < 4.78 is 0. The topological polar surface area (TPSA) is 73.0 Å². The average molecular weight is 362 g/mol. The van der Waals surface area contributed by atoms with Gasteiger partial charge in [-0.15, -0.1) is 0 Å². The normalized spacial score (nSPS) is 27.8. The Balaban J connectivity index is 1.23. The van der Waals surface area contributed by atoms with Gasteiger partial charge in [0, 0.05) is 51.2 Å². The van der Waals surface area contributed by atoms with Crippen molar-refractivity contribution in [3.05, 3.63) is 0 Å². The van der Waals surface area contributed by atoms with Crippen molar-refractivity contribution in [1.82, 2.24) is 20.0 Å². The molecule has 0 radical (unpaired) electrons. The zero-order chi connectivity index (χ0) is 18.1. The van der Waals surface area contributed by atoms with Crippen molar-refractivity contribution in [3.8, 4) is 0 Å². The molecule has 7 heteroatoms. The van der Waals surface area contributed by atoms with Crippen LogP contribution in [0.15, 0.2) is 0 Å². The predicted molar refractivity (Wildman–Crippen MR) is 96.4 cm³/mol. The lowest BCUT2D eigenvalue weighted by Crippen LogP contribution is -2.55. The minimum absolute atomic E-state index is 0.0138. The molecule has 2 aliphatic heterocycles. The summed E-state index contributed by atoms with van der Waals surface area (Å²) in [6.07, 6.45) is 8.36. The highest BCUT2D eigenvalue weighted by molar-refractivity contribution is 5.89. The van der Waals surface area contributed by atoms with E-state index < -0.39 is 0 Å². The van der Waals surface area contributed by atoms with Crippen LogP contribution < -0.4 is 5.32 Å². The number of urea groups is 1. The molecule has 0 spiro atoms. The lowest BCUT2D eigenvalue weighted by atomic mass is 9.96. The molecule has 0 bridgehead atoms. The van der Waals surface area contributed by atoms with Crippen LogP contribution in [0.25, 0.3) is 0 Å². The van der Waals surface area contributed by atoms with Crippen LogP contribution >= 0.6 is 0 Å². The molecule has 1 N–H and O–H groups in total. The maximum absolute atomic E-state index is 12.8. The second kappa shape index (κ2) is 7.45. The summed E-state index contributed by atoms with van der Waals surface area (Å²) in [6, 6.07) is 0.717. The van der Waals surface area contributed by atoms with Gasteiger partial charge in [0.05, 0.1) is 5.92 Å². The van der Waals surface area contributed by atoms with Crippen molar-refractivity contribution in [1.29, 1.82) is 0 Å². The number of hydrogen-bond donors (Lipinski definition) is 1. The number of rotatable bonds is 3. The molecule has 4 fully saturated rings. The molecule has 144 valence electrons. The summed E-state index contributed by atoms with van der Waals surface area (Å²) in [6.45, 7) is 2.90. The molecule has 2 heterocycles. The summed E-state index contributed by atoms with van der Waals surface area (Å²) in [5.41, 5.74) is 0. The van der Waals surface area contributed by atoms with Gasteiger partial charge in [0.1, 0.15) is 0 Å². The number of carbonyl (C=O) groups excluding carboxylic acids is 3. The second-order valence-corrected chi connectivity index (χ2v) is 8.28. The first kappa shape index (κ1) is 17.6. The van der Waals surface area contributed by atoms with E-state index in [1.54, 1.807) is 0 Å². The van der Waals surface area contributed by atoms with Crippen LogP contribution in [0, 0.1) is 5.92 Å². The first-order chi connectivity index (χ1) is 12.6. The number of nitrogens with one attached hydrogen (secondary N) is 1. The largest absolute Gasteiger partial charge is 0.339 e. The third kappa shape index (κ3) is 3.81. The van der Waals surface area contributed by atoms with E-state index in [-0.39, 0.29) is 23.8 Å². The molecule has 2 saturated carbocycles. The highest BCUT2D eigenvalue weighted by Gasteiger charge is 2.43. The zero-order valence-electron chi connectivity index (χ0n) is 15.5. The Hall–Kier alpha value is -1.79. The molecule has 0 aromatic carbocycles. The molecule has 4 rings (SSSR count). The van der Waals surface area contributed by atoms with Crippen molar-refractivity contribution < 1.29 is 14.4 Å². The van der Waals surface area contributed by atoms with Crippen LogP contribution in [0.3, 0.4) is 0 Å². The maximum atomic E-state index is 12.8. The predicted octanol–water partition coefficient (Wildman–Crippen LogP) is 1.18. The Kier molecular flexibility index (Phi) is 5.05. The van der Waals surface area contributed by atoms with Gasteiger partial charge in [-0.1, -0.05) is 19.3 Å². The lowest BCUT2D eigenvalue weighted by Gasteiger charge is -2.37. The summed E-state index contributed by atoms with van der Waals surface area (Å²) in [5, 5.41) is 3.15. The van der Waals surface area contributed by atoms with Crippen LogP contribution in [-0.2, 0) is 9.59 Å².